The van der Waals surface area contributed by atoms with E-state index < -0.39 is 29.2 Å². The van der Waals surface area contributed by atoms with E-state index in [9.17, 15) is 22.0 Å². The third-order valence-electron chi connectivity index (χ3n) is 2.46. The molecule has 1 saturated carbocycles. The second-order valence-electron chi connectivity index (χ2n) is 3.69. The fraction of sp³-hybridized carbons (Fsp3) is 0.444. The zero-order valence-electron chi connectivity index (χ0n) is 7.91. The number of halogens is 5. The van der Waals surface area contributed by atoms with Crippen molar-refractivity contribution in [3.63, 3.8) is 0 Å². The molecule has 16 heavy (non-hydrogen) atoms. The smallest absolute Gasteiger partial charge is 0.354 e. The summed E-state index contributed by atoms with van der Waals surface area (Å²) in [5, 5.41) is 1.99. The maximum absolute atomic E-state index is 13.1. The molecule has 0 aliphatic heterocycles. The van der Waals surface area contributed by atoms with Crippen molar-refractivity contribution in [1.82, 2.24) is 4.98 Å². The van der Waals surface area contributed by atoms with E-state index in [2.05, 4.69) is 4.98 Å². The first-order valence-electron chi connectivity index (χ1n) is 4.50. The molecule has 1 aromatic rings. The van der Waals surface area contributed by atoms with Crippen molar-refractivity contribution in [3.05, 3.63) is 23.9 Å². The number of aromatic nitrogens is 1. The number of nitrogens with one attached hydrogen (secondary N) is 1. The maximum Gasteiger partial charge on any atom is 0.411 e. The van der Waals surface area contributed by atoms with E-state index in [-0.39, 0.29) is 12.8 Å². The van der Waals surface area contributed by atoms with E-state index in [1.165, 1.54) is 0 Å². The van der Waals surface area contributed by atoms with Gasteiger partial charge in [0.1, 0.15) is 11.4 Å². The van der Waals surface area contributed by atoms with Crippen LogP contribution >= 0.6 is 0 Å². The van der Waals surface area contributed by atoms with Gasteiger partial charge in [0.2, 0.25) is 0 Å². The molecule has 0 atom stereocenters. The van der Waals surface area contributed by atoms with Crippen LogP contribution in [0.25, 0.3) is 0 Å². The summed E-state index contributed by atoms with van der Waals surface area (Å²) in [6.45, 7) is 0. The normalized spacial score (nSPS) is 18.3. The first kappa shape index (κ1) is 11.1. The van der Waals surface area contributed by atoms with Gasteiger partial charge < -0.3 is 5.32 Å². The Kier molecular flexibility index (Phi) is 2.28. The standard InChI is InChI=1S/C9H7F5N2/c10-5-3-6(11)7(15-4-5)16-8(1-2-8)9(12,13)14/h3-4H,1-2H2,(H,15,16). The van der Waals surface area contributed by atoms with Crippen LogP contribution in [0.5, 0.6) is 0 Å². The number of rotatable bonds is 2. The van der Waals surface area contributed by atoms with Gasteiger partial charge in [-0.05, 0) is 12.8 Å². The predicted molar refractivity (Wildman–Crippen MR) is 45.8 cm³/mol. The average molecular weight is 238 g/mol. The molecule has 1 aliphatic rings. The molecule has 1 heterocycles. The van der Waals surface area contributed by atoms with E-state index >= 15 is 0 Å². The molecule has 88 valence electrons. The van der Waals surface area contributed by atoms with Crippen molar-refractivity contribution < 1.29 is 22.0 Å². The molecule has 1 aromatic heterocycles. The summed E-state index contributed by atoms with van der Waals surface area (Å²) in [5.74, 6) is -2.63. The predicted octanol–water partition coefficient (Wildman–Crippen LogP) is 2.87. The monoisotopic (exact) mass is 238 g/mol. The first-order chi connectivity index (χ1) is 7.34. The van der Waals surface area contributed by atoms with Crippen LogP contribution in [0.15, 0.2) is 12.3 Å². The molecule has 0 saturated heterocycles. The van der Waals surface area contributed by atoms with Gasteiger partial charge in [-0.2, -0.15) is 13.2 Å². The molecule has 0 amide bonds. The Balaban J connectivity index is 2.22. The van der Waals surface area contributed by atoms with Gasteiger partial charge in [-0.3, -0.25) is 0 Å². The summed E-state index contributed by atoms with van der Waals surface area (Å²) in [5.41, 5.74) is -2.10. The van der Waals surface area contributed by atoms with Crippen LogP contribution in [0, 0.1) is 11.6 Å². The summed E-state index contributed by atoms with van der Waals surface area (Å²) >= 11 is 0. The Morgan fingerprint density at radius 3 is 2.31 bits per heavy atom. The third kappa shape index (κ3) is 1.81. The molecular weight excluding hydrogens is 231 g/mol. The van der Waals surface area contributed by atoms with Gasteiger partial charge in [-0.25, -0.2) is 13.8 Å². The van der Waals surface area contributed by atoms with Gasteiger partial charge in [0.05, 0.1) is 6.20 Å². The van der Waals surface area contributed by atoms with Gasteiger partial charge in [0.15, 0.2) is 11.6 Å². The zero-order valence-corrected chi connectivity index (χ0v) is 7.91. The largest absolute Gasteiger partial charge is 0.411 e. The molecule has 1 N–H and O–H groups in total. The molecule has 7 heteroatoms. The van der Waals surface area contributed by atoms with Crippen molar-refractivity contribution in [2.45, 2.75) is 24.6 Å². The fourth-order valence-electron chi connectivity index (χ4n) is 1.34. The summed E-state index contributed by atoms with van der Waals surface area (Å²) in [6.07, 6.45) is -4.06. The highest BCUT2D eigenvalue weighted by Crippen LogP contribution is 2.51. The van der Waals surface area contributed by atoms with Crippen LogP contribution in [0.1, 0.15) is 12.8 Å². The van der Waals surface area contributed by atoms with E-state index in [4.69, 9.17) is 0 Å². The van der Waals surface area contributed by atoms with E-state index in [0.717, 1.165) is 0 Å². The Labute approximate surface area is 87.5 Å². The number of anilines is 1. The Morgan fingerprint density at radius 1 is 1.25 bits per heavy atom. The van der Waals surface area contributed by atoms with Gasteiger partial charge in [-0.15, -0.1) is 0 Å². The van der Waals surface area contributed by atoms with Crippen molar-refractivity contribution in [3.8, 4) is 0 Å². The van der Waals surface area contributed by atoms with Crippen LogP contribution in [0.4, 0.5) is 27.8 Å². The van der Waals surface area contributed by atoms with Gasteiger partial charge in [0.25, 0.3) is 0 Å². The fourth-order valence-corrected chi connectivity index (χ4v) is 1.34. The zero-order chi connectivity index (χ0) is 12.0. The Bertz CT molecular complexity index is 411. The van der Waals surface area contributed by atoms with Crippen LogP contribution in [-0.2, 0) is 0 Å². The highest BCUT2D eigenvalue weighted by molar-refractivity contribution is 5.42. The number of hydrogen-bond acceptors (Lipinski definition) is 2. The van der Waals surface area contributed by atoms with Crippen LogP contribution in [0.3, 0.4) is 0 Å². The second-order valence-corrected chi connectivity index (χ2v) is 3.69. The summed E-state index contributed by atoms with van der Waals surface area (Å²) < 4.78 is 63.1. The molecule has 0 aromatic carbocycles. The molecule has 1 aliphatic carbocycles. The van der Waals surface area contributed by atoms with Crippen LogP contribution < -0.4 is 5.32 Å². The number of pyridine rings is 1. The van der Waals surface area contributed by atoms with Crippen LogP contribution in [0.2, 0.25) is 0 Å². The van der Waals surface area contributed by atoms with Crippen LogP contribution in [-0.4, -0.2) is 16.7 Å². The summed E-state index contributed by atoms with van der Waals surface area (Å²) in [4.78, 5) is 3.26. The maximum atomic E-state index is 13.1. The molecule has 0 radical (unpaired) electrons. The molecule has 2 nitrogen and oxygen atoms in total. The number of alkyl halides is 3. The SMILES string of the molecule is Fc1cnc(NC2(C(F)(F)F)CC2)c(F)c1. The lowest BCUT2D eigenvalue weighted by Crippen LogP contribution is -2.39. The molecule has 2 rings (SSSR count). The van der Waals surface area contributed by atoms with E-state index in [1.54, 1.807) is 0 Å². The van der Waals surface area contributed by atoms with Crippen molar-refractivity contribution in [2.24, 2.45) is 0 Å². The van der Waals surface area contributed by atoms with Crippen molar-refractivity contribution in [2.75, 3.05) is 5.32 Å². The highest BCUT2D eigenvalue weighted by Gasteiger charge is 2.63. The lowest BCUT2D eigenvalue weighted by atomic mass is 10.2. The minimum absolute atomic E-state index is 0.130. The highest BCUT2D eigenvalue weighted by atomic mass is 19.4. The molecule has 1 fully saturated rings. The van der Waals surface area contributed by atoms with Crippen molar-refractivity contribution in [1.29, 1.82) is 0 Å². The quantitative estimate of drug-likeness (QED) is 0.801. The Hall–Kier alpha value is -1.40. The molecule has 0 bridgehead atoms. The van der Waals surface area contributed by atoms with Gasteiger partial charge in [-0.1, -0.05) is 0 Å². The van der Waals surface area contributed by atoms with Crippen molar-refractivity contribution >= 4 is 5.82 Å². The van der Waals surface area contributed by atoms with Gasteiger partial charge in [0, 0.05) is 6.07 Å². The number of nitrogens with zero attached hydrogens (tertiary/aromatic N) is 1. The lowest BCUT2D eigenvalue weighted by molar-refractivity contribution is -0.151. The third-order valence-corrected chi connectivity index (χ3v) is 2.46. The molecule has 0 spiro atoms. The van der Waals surface area contributed by atoms with Gasteiger partial charge >= 0.3 is 6.18 Å². The Morgan fingerprint density at radius 2 is 1.88 bits per heavy atom. The average Bonchev–Trinajstić information content (AvgIpc) is 2.90. The lowest BCUT2D eigenvalue weighted by Gasteiger charge is -2.21. The second kappa shape index (κ2) is 3.29. The first-order valence-corrected chi connectivity index (χ1v) is 4.50. The molecule has 0 unspecified atom stereocenters. The van der Waals surface area contributed by atoms with E-state index in [0.29, 0.717) is 12.3 Å². The summed E-state index contributed by atoms with van der Waals surface area (Å²) in [6, 6.07) is 0.488. The summed E-state index contributed by atoms with van der Waals surface area (Å²) in [7, 11) is 0. The minimum atomic E-state index is -4.46. The topological polar surface area (TPSA) is 24.9 Å². The minimum Gasteiger partial charge on any atom is -0.354 e. The van der Waals surface area contributed by atoms with E-state index in [1.807, 2.05) is 5.32 Å². The molecular formula is C9H7F5N2. The number of hydrogen-bond donors (Lipinski definition) is 1.